The predicted molar refractivity (Wildman–Crippen MR) is 113 cm³/mol. The van der Waals surface area contributed by atoms with Crippen molar-refractivity contribution in [1.29, 1.82) is 0 Å². The van der Waals surface area contributed by atoms with E-state index in [2.05, 4.69) is 16.5 Å². The van der Waals surface area contributed by atoms with Gasteiger partial charge in [0.1, 0.15) is 5.76 Å². The molecule has 1 amide bonds. The molecule has 1 N–H and O–H groups in total. The molecular weight excluding hydrogens is 364 g/mol. The van der Waals surface area contributed by atoms with Crippen LogP contribution in [0, 0.1) is 0 Å². The molecule has 0 aliphatic heterocycles. The van der Waals surface area contributed by atoms with Crippen molar-refractivity contribution >= 4 is 5.91 Å². The van der Waals surface area contributed by atoms with E-state index >= 15 is 0 Å². The molecule has 0 aromatic carbocycles. The zero-order chi connectivity index (χ0) is 20.2. The van der Waals surface area contributed by atoms with Crippen LogP contribution in [0.2, 0.25) is 0 Å². The van der Waals surface area contributed by atoms with Crippen molar-refractivity contribution < 1.29 is 9.21 Å². The van der Waals surface area contributed by atoms with Crippen molar-refractivity contribution in [1.82, 2.24) is 20.0 Å². The smallest absolute Gasteiger partial charge is 0.274 e. The van der Waals surface area contributed by atoms with E-state index in [1.807, 2.05) is 30.9 Å². The summed E-state index contributed by atoms with van der Waals surface area (Å²) in [6.45, 7) is 1.47. The van der Waals surface area contributed by atoms with Crippen molar-refractivity contribution in [2.45, 2.75) is 64.0 Å². The second-order valence-electron chi connectivity index (χ2n) is 8.39. The maximum absolute atomic E-state index is 13.1. The number of amides is 1. The number of hydrogen-bond donors (Lipinski definition) is 1. The molecule has 0 radical (unpaired) electrons. The average molecular weight is 397 g/mol. The Morgan fingerprint density at radius 1 is 1.38 bits per heavy atom. The lowest BCUT2D eigenvalue weighted by atomic mass is 9.90. The maximum Gasteiger partial charge on any atom is 0.274 e. The fourth-order valence-electron chi connectivity index (χ4n) is 4.59. The molecule has 0 spiro atoms. The summed E-state index contributed by atoms with van der Waals surface area (Å²) in [5.74, 6) is 0.744. The molecule has 29 heavy (non-hydrogen) atoms. The molecule has 2 aromatic heterocycles. The molecule has 4 rings (SSSR count). The summed E-state index contributed by atoms with van der Waals surface area (Å²) in [5.41, 5.74) is 4.52. The zero-order valence-corrected chi connectivity index (χ0v) is 17.6. The summed E-state index contributed by atoms with van der Waals surface area (Å²) in [6.07, 6.45) is 13.3. The van der Waals surface area contributed by atoms with Crippen LogP contribution in [0.15, 0.2) is 34.5 Å². The highest BCUT2D eigenvalue weighted by Gasteiger charge is 2.29. The molecule has 2 aliphatic carbocycles. The Kier molecular flexibility index (Phi) is 6.19. The Morgan fingerprint density at radius 2 is 2.28 bits per heavy atom. The highest BCUT2D eigenvalue weighted by molar-refractivity contribution is 5.94. The minimum atomic E-state index is -0.0359. The van der Waals surface area contributed by atoms with Gasteiger partial charge >= 0.3 is 0 Å². The lowest BCUT2D eigenvalue weighted by Crippen LogP contribution is -2.36. The summed E-state index contributed by atoms with van der Waals surface area (Å²) in [5, 5.41) is 8.32. The van der Waals surface area contributed by atoms with E-state index in [0.717, 1.165) is 43.6 Å². The molecule has 0 fully saturated rings. The first-order valence-electron chi connectivity index (χ1n) is 10.9. The largest absolute Gasteiger partial charge is 0.467 e. The van der Waals surface area contributed by atoms with E-state index in [1.54, 1.807) is 16.7 Å². The van der Waals surface area contributed by atoms with E-state index in [9.17, 15) is 4.79 Å². The number of carbonyl (C=O) groups excluding carboxylic acids is 1. The molecule has 1 atom stereocenters. The Labute approximate surface area is 172 Å². The van der Waals surface area contributed by atoms with Gasteiger partial charge in [0.2, 0.25) is 0 Å². The predicted octanol–water partition coefficient (Wildman–Crippen LogP) is 3.62. The first-order chi connectivity index (χ1) is 14.1. The molecular formula is C23H32N4O2. The minimum absolute atomic E-state index is 0.0359. The van der Waals surface area contributed by atoms with Gasteiger partial charge in [0, 0.05) is 31.4 Å². The third kappa shape index (κ3) is 4.64. The van der Waals surface area contributed by atoms with Crippen LogP contribution in [0.1, 0.15) is 66.0 Å². The summed E-state index contributed by atoms with van der Waals surface area (Å²) in [7, 11) is 3.76. The number of aryl methyl sites for hydroxylation is 1. The molecule has 0 saturated heterocycles. The standard InChI is InChI=1S/C23H32N4O2/c1-26(16-19-9-6-14-29-19)23(28)22-20-15-18(10-11-21(20)27(2)25-22)24-13-12-17-7-4-3-5-8-17/h6-7,9,14,18,24H,3-5,8,10-13,15-16H2,1-2H3/t18-/m1/s1. The van der Waals surface area contributed by atoms with Crippen molar-refractivity contribution in [3.05, 3.63) is 52.8 Å². The summed E-state index contributed by atoms with van der Waals surface area (Å²) < 4.78 is 7.28. The third-order valence-corrected chi connectivity index (χ3v) is 6.24. The number of fused-ring (bicyclic) bond motifs is 1. The fourth-order valence-corrected chi connectivity index (χ4v) is 4.59. The fraction of sp³-hybridized carbons (Fsp3) is 0.565. The van der Waals surface area contributed by atoms with Crippen molar-refractivity contribution in [3.8, 4) is 0 Å². The lowest BCUT2D eigenvalue weighted by molar-refractivity contribution is 0.0767. The van der Waals surface area contributed by atoms with Gasteiger partial charge in [-0.1, -0.05) is 11.6 Å². The molecule has 6 heteroatoms. The van der Waals surface area contributed by atoms with Crippen LogP contribution in [0.4, 0.5) is 0 Å². The minimum Gasteiger partial charge on any atom is -0.467 e. The van der Waals surface area contributed by atoms with Gasteiger partial charge in [-0.2, -0.15) is 5.10 Å². The first-order valence-corrected chi connectivity index (χ1v) is 10.9. The van der Waals surface area contributed by atoms with Crippen molar-refractivity contribution in [3.63, 3.8) is 0 Å². The van der Waals surface area contributed by atoms with Gasteiger partial charge in [-0.25, -0.2) is 0 Å². The highest BCUT2D eigenvalue weighted by Crippen LogP contribution is 2.26. The van der Waals surface area contributed by atoms with Gasteiger partial charge < -0.3 is 14.6 Å². The van der Waals surface area contributed by atoms with Crippen LogP contribution < -0.4 is 5.32 Å². The SMILES string of the molecule is CN(Cc1ccco1)C(=O)c1nn(C)c2c1C[C@H](NCCC1=CCCCC1)CC2. The summed E-state index contributed by atoms with van der Waals surface area (Å²) in [6, 6.07) is 4.15. The van der Waals surface area contributed by atoms with Gasteiger partial charge in [-0.3, -0.25) is 9.48 Å². The number of nitrogens with one attached hydrogen (secondary N) is 1. The molecule has 0 unspecified atom stereocenters. The average Bonchev–Trinajstić information content (AvgIpc) is 3.36. The van der Waals surface area contributed by atoms with Crippen LogP contribution in [0.5, 0.6) is 0 Å². The molecule has 6 nitrogen and oxygen atoms in total. The normalized spacial score (nSPS) is 19.0. The molecule has 156 valence electrons. The van der Waals surface area contributed by atoms with Crippen LogP contribution in [-0.4, -0.2) is 40.2 Å². The van der Waals surface area contributed by atoms with Crippen LogP contribution in [0.3, 0.4) is 0 Å². The third-order valence-electron chi connectivity index (χ3n) is 6.24. The quantitative estimate of drug-likeness (QED) is 0.726. The Morgan fingerprint density at radius 3 is 3.03 bits per heavy atom. The Hall–Kier alpha value is -2.34. The molecule has 0 bridgehead atoms. The molecule has 0 saturated carbocycles. The van der Waals surface area contributed by atoms with E-state index in [-0.39, 0.29) is 5.91 Å². The topological polar surface area (TPSA) is 63.3 Å². The summed E-state index contributed by atoms with van der Waals surface area (Å²) >= 11 is 0. The van der Waals surface area contributed by atoms with Gasteiger partial charge in [-0.05, 0) is 70.0 Å². The zero-order valence-electron chi connectivity index (χ0n) is 17.6. The molecule has 2 aliphatic rings. The first kappa shape index (κ1) is 20.0. The van der Waals surface area contributed by atoms with Crippen LogP contribution >= 0.6 is 0 Å². The van der Waals surface area contributed by atoms with Gasteiger partial charge in [0.15, 0.2) is 5.69 Å². The van der Waals surface area contributed by atoms with Gasteiger partial charge in [0.05, 0.1) is 12.8 Å². The number of nitrogens with zero attached hydrogens (tertiary/aromatic N) is 3. The lowest BCUT2D eigenvalue weighted by Gasteiger charge is -2.25. The second kappa shape index (κ2) is 8.99. The number of rotatable bonds is 7. The number of hydrogen-bond acceptors (Lipinski definition) is 4. The van der Waals surface area contributed by atoms with Crippen LogP contribution in [-0.2, 0) is 26.4 Å². The monoisotopic (exact) mass is 396 g/mol. The van der Waals surface area contributed by atoms with E-state index in [1.165, 1.54) is 31.4 Å². The van der Waals surface area contributed by atoms with E-state index in [0.29, 0.717) is 18.3 Å². The van der Waals surface area contributed by atoms with Gasteiger partial charge in [0.25, 0.3) is 5.91 Å². The highest BCUT2D eigenvalue weighted by atomic mass is 16.3. The molecule has 2 heterocycles. The van der Waals surface area contributed by atoms with Crippen LogP contribution in [0.25, 0.3) is 0 Å². The second-order valence-corrected chi connectivity index (χ2v) is 8.39. The number of carbonyl (C=O) groups is 1. The van der Waals surface area contributed by atoms with Gasteiger partial charge in [-0.15, -0.1) is 0 Å². The maximum atomic E-state index is 13.1. The Bertz CT molecular complexity index is 866. The van der Waals surface area contributed by atoms with Crippen molar-refractivity contribution in [2.24, 2.45) is 7.05 Å². The molecule has 2 aromatic rings. The Balaban J connectivity index is 1.39. The number of furan rings is 1. The number of aromatic nitrogens is 2. The summed E-state index contributed by atoms with van der Waals surface area (Å²) in [4.78, 5) is 14.8. The van der Waals surface area contributed by atoms with E-state index in [4.69, 9.17) is 4.42 Å². The van der Waals surface area contributed by atoms with Crippen molar-refractivity contribution in [2.75, 3.05) is 13.6 Å². The number of allylic oxidation sites excluding steroid dienone is 1. The van der Waals surface area contributed by atoms with E-state index < -0.39 is 0 Å².